The van der Waals surface area contributed by atoms with Crippen molar-refractivity contribution in [2.75, 3.05) is 4.90 Å². The molecule has 0 saturated heterocycles. The number of para-hydroxylation sites is 3. The molecule has 0 fully saturated rings. The lowest BCUT2D eigenvalue weighted by Gasteiger charge is -2.23. The molecule has 0 amide bonds. The van der Waals surface area contributed by atoms with Crippen molar-refractivity contribution < 1.29 is 4.74 Å². The van der Waals surface area contributed by atoms with E-state index in [1.54, 1.807) is 0 Å². The molecule has 0 spiro atoms. The third kappa shape index (κ3) is 5.45. The third-order valence-electron chi connectivity index (χ3n) is 13.4. The Balaban J connectivity index is 1.25. The average molecular weight is 826 g/mol. The number of fused-ring (bicyclic) bond motifs is 20. The molecule has 6 heteroatoms. The lowest BCUT2D eigenvalue weighted by atomic mass is 9.86. The molecule has 306 valence electrons. The molecular weight excluding hydrogens is 783 g/mol. The van der Waals surface area contributed by atoms with Crippen molar-refractivity contribution in [3.8, 4) is 39.7 Å². The Morgan fingerprint density at radius 2 is 1.08 bits per heavy atom. The standard InChI is InChI=1S/C58H43N5O/c1-35-29-38-33-54(59-35)61-34-62-56-47(41-17-7-5-15-39(41)40-16-6-8-18-42(40)49-24-14-26-52(61)57(49)62)22-13-23-48(56)43-19-9-10-20-44(43)50-30-36(58(2,3)4)31-55(60-50)63-51-25-12-11-21-45(51)46-28-27-37(64-38)32-53(46)63/h5-33H,34H2,1-4H3. The van der Waals surface area contributed by atoms with Crippen LogP contribution in [0.3, 0.4) is 0 Å². The highest BCUT2D eigenvalue weighted by Gasteiger charge is 2.28. The molecule has 0 unspecified atom stereocenters. The summed E-state index contributed by atoms with van der Waals surface area (Å²) in [7, 11) is 0. The van der Waals surface area contributed by atoms with Crippen LogP contribution >= 0.6 is 0 Å². The predicted octanol–water partition coefficient (Wildman–Crippen LogP) is 15.3. The number of aryl methyl sites for hydroxylation is 1. The second-order valence-corrected chi connectivity index (χ2v) is 18.3. The van der Waals surface area contributed by atoms with Crippen molar-refractivity contribution in [2.24, 2.45) is 0 Å². The average Bonchev–Trinajstić information content (AvgIpc) is 3.87. The van der Waals surface area contributed by atoms with Crippen molar-refractivity contribution >= 4 is 76.7 Å². The molecule has 6 nitrogen and oxygen atoms in total. The summed E-state index contributed by atoms with van der Waals surface area (Å²) in [6.45, 7) is 9.45. The van der Waals surface area contributed by atoms with Crippen LogP contribution in [-0.4, -0.2) is 19.1 Å². The summed E-state index contributed by atoms with van der Waals surface area (Å²) in [5, 5.41) is 9.42. The first-order chi connectivity index (χ1) is 31.3. The smallest absolute Gasteiger partial charge is 0.138 e. The highest BCUT2D eigenvalue weighted by molar-refractivity contribution is 6.22. The van der Waals surface area contributed by atoms with Gasteiger partial charge in [0.1, 0.15) is 29.8 Å². The van der Waals surface area contributed by atoms with E-state index < -0.39 is 0 Å². The lowest BCUT2D eigenvalue weighted by molar-refractivity contribution is 0.482. The Bertz CT molecular complexity index is 3870. The second-order valence-electron chi connectivity index (χ2n) is 18.3. The van der Waals surface area contributed by atoms with Crippen molar-refractivity contribution in [1.29, 1.82) is 0 Å². The largest absolute Gasteiger partial charge is 0.457 e. The van der Waals surface area contributed by atoms with Gasteiger partial charge in [0.15, 0.2) is 0 Å². The fraction of sp³-hybridized carbons (Fsp3) is 0.103. The minimum atomic E-state index is -0.166. The van der Waals surface area contributed by atoms with E-state index in [9.17, 15) is 0 Å². The van der Waals surface area contributed by atoms with E-state index in [0.29, 0.717) is 6.67 Å². The van der Waals surface area contributed by atoms with Crippen LogP contribution in [0.1, 0.15) is 32.0 Å². The van der Waals surface area contributed by atoms with Gasteiger partial charge < -0.3 is 14.2 Å². The summed E-state index contributed by atoms with van der Waals surface area (Å²) in [6, 6.07) is 63.9. The van der Waals surface area contributed by atoms with Gasteiger partial charge in [-0.25, -0.2) is 9.97 Å². The zero-order chi connectivity index (χ0) is 42.8. The van der Waals surface area contributed by atoms with Crippen LogP contribution in [0.5, 0.6) is 11.5 Å². The van der Waals surface area contributed by atoms with Crippen molar-refractivity contribution in [3.05, 3.63) is 187 Å². The Hall–Kier alpha value is -7.96. The normalized spacial score (nSPS) is 13.0. The van der Waals surface area contributed by atoms with Crippen LogP contribution in [0.15, 0.2) is 176 Å². The van der Waals surface area contributed by atoms with Gasteiger partial charge in [-0.2, -0.15) is 0 Å². The third-order valence-corrected chi connectivity index (χ3v) is 13.4. The summed E-state index contributed by atoms with van der Waals surface area (Å²) in [4.78, 5) is 13.3. The predicted molar refractivity (Wildman–Crippen MR) is 265 cm³/mol. The van der Waals surface area contributed by atoms with E-state index in [1.165, 1.54) is 37.9 Å². The summed E-state index contributed by atoms with van der Waals surface area (Å²) >= 11 is 0. The number of anilines is 2. The van der Waals surface area contributed by atoms with Crippen LogP contribution in [0.2, 0.25) is 0 Å². The van der Waals surface area contributed by atoms with E-state index in [2.05, 4.69) is 212 Å². The first-order valence-electron chi connectivity index (χ1n) is 22.1. The van der Waals surface area contributed by atoms with E-state index in [0.717, 1.165) is 89.7 Å². The van der Waals surface area contributed by atoms with E-state index in [1.807, 2.05) is 6.07 Å². The molecule has 2 aliphatic heterocycles. The maximum Gasteiger partial charge on any atom is 0.138 e. The Morgan fingerprint density at radius 1 is 0.469 bits per heavy atom. The van der Waals surface area contributed by atoms with Crippen LogP contribution < -0.4 is 9.64 Å². The molecule has 8 bridgehead atoms. The van der Waals surface area contributed by atoms with Gasteiger partial charge in [0.05, 0.1) is 33.4 Å². The monoisotopic (exact) mass is 825 g/mol. The molecule has 4 aromatic heterocycles. The molecule has 2 aliphatic rings. The summed E-state index contributed by atoms with van der Waals surface area (Å²) in [5.74, 6) is 3.16. The van der Waals surface area contributed by atoms with Gasteiger partial charge >= 0.3 is 0 Å². The first-order valence-corrected chi connectivity index (χ1v) is 22.1. The molecule has 6 heterocycles. The Labute approximate surface area is 370 Å². The van der Waals surface area contributed by atoms with Gasteiger partial charge in [-0.15, -0.1) is 0 Å². The molecule has 0 saturated carbocycles. The van der Waals surface area contributed by atoms with Crippen LogP contribution in [0.25, 0.3) is 93.4 Å². The Morgan fingerprint density at radius 3 is 1.83 bits per heavy atom. The number of hydrogen-bond acceptors (Lipinski definition) is 4. The van der Waals surface area contributed by atoms with Gasteiger partial charge in [-0.1, -0.05) is 142 Å². The van der Waals surface area contributed by atoms with E-state index in [4.69, 9.17) is 14.7 Å². The number of rotatable bonds is 0. The lowest BCUT2D eigenvalue weighted by Crippen LogP contribution is -2.16. The molecule has 64 heavy (non-hydrogen) atoms. The van der Waals surface area contributed by atoms with Gasteiger partial charge in [-0.05, 0) is 81.4 Å². The maximum absolute atomic E-state index is 6.89. The van der Waals surface area contributed by atoms with Crippen molar-refractivity contribution in [1.82, 2.24) is 19.1 Å². The maximum atomic E-state index is 6.89. The molecule has 0 radical (unpaired) electrons. The molecule has 0 aliphatic carbocycles. The van der Waals surface area contributed by atoms with Crippen LogP contribution in [0, 0.1) is 6.92 Å². The van der Waals surface area contributed by atoms with Crippen molar-refractivity contribution in [3.63, 3.8) is 0 Å². The van der Waals surface area contributed by atoms with Crippen molar-refractivity contribution in [2.45, 2.75) is 39.8 Å². The number of benzene rings is 7. The first kappa shape index (κ1) is 36.7. The van der Waals surface area contributed by atoms with E-state index >= 15 is 0 Å². The molecular formula is C58H43N5O. The molecule has 0 N–H and O–H groups in total. The molecule has 13 rings (SSSR count). The minimum Gasteiger partial charge on any atom is -0.457 e. The molecule has 0 atom stereocenters. The second kappa shape index (κ2) is 13.5. The number of pyridine rings is 2. The molecule has 11 aromatic rings. The summed E-state index contributed by atoms with van der Waals surface area (Å²) in [6.07, 6.45) is 0. The van der Waals surface area contributed by atoms with Gasteiger partial charge in [0.2, 0.25) is 0 Å². The van der Waals surface area contributed by atoms with Gasteiger partial charge in [-0.3, -0.25) is 4.57 Å². The fourth-order valence-electron chi connectivity index (χ4n) is 10.4. The van der Waals surface area contributed by atoms with Gasteiger partial charge in [0.25, 0.3) is 0 Å². The van der Waals surface area contributed by atoms with Crippen LogP contribution in [0.4, 0.5) is 11.5 Å². The van der Waals surface area contributed by atoms with Crippen LogP contribution in [-0.2, 0) is 12.1 Å². The zero-order valence-corrected chi connectivity index (χ0v) is 36.1. The quantitative estimate of drug-likeness (QED) is 0.153. The SMILES string of the molecule is Cc1cc2cc(n1)N1Cn3c4c(cccc4c4ccccc4c4ccccc4c4cccc1c43)-c1ccccc1-c1cc(C(C)(C)C)cc(n1)-n1c3ccccc3c3ccc(cc31)O2. The highest BCUT2D eigenvalue weighted by Crippen LogP contribution is 2.46. The highest BCUT2D eigenvalue weighted by atomic mass is 16.5. The number of hydrogen-bond donors (Lipinski definition) is 0. The number of aromatic nitrogens is 4. The number of nitrogens with zero attached hydrogens (tertiary/aromatic N) is 5. The number of ether oxygens (including phenoxy) is 1. The molecule has 7 aromatic carbocycles. The summed E-state index contributed by atoms with van der Waals surface area (Å²) in [5.41, 5.74) is 11.6. The zero-order valence-electron chi connectivity index (χ0n) is 36.1. The topological polar surface area (TPSA) is 48.1 Å². The van der Waals surface area contributed by atoms with E-state index in [-0.39, 0.29) is 5.41 Å². The van der Waals surface area contributed by atoms with Gasteiger partial charge in [0, 0.05) is 56.6 Å². The fourth-order valence-corrected chi connectivity index (χ4v) is 10.4. The summed E-state index contributed by atoms with van der Waals surface area (Å²) < 4.78 is 11.7. The Kier molecular flexibility index (Phi) is 7.75. The minimum absolute atomic E-state index is 0.166.